The lowest BCUT2D eigenvalue weighted by molar-refractivity contribution is 0.590. The molecule has 0 bridgehead atoms. The smallest absolute Gasteiger partial charge is 0.167 e. The molecule has 0 fully saturated rings. The van der Waals surface area contributed by atoms with Crippen LogP contribution >= 0.6 is 15.1 Å². The summed E-state index contributed by atoms with van der Waals surface area (Å²) in [6.07, 6.45) is 1.63. The second kappa shape index (κ2) is 12.0. The molecule has 0 aliphatic heterocycles. The topological polar surface area (TPSA) is 17.1 Å². The van der Waals surface area contributed by atoms with Crippen LogP contribution in [-0.2, 0) is 17.4 Å². The molecule has 1 aliphatic rings. The predicted molar refractivity (Wildman–Crippen MR) is 178 cm³/mol. The minimum absolute atomic E-state index is 0.764. The Morgan fingerprint density at radius 3 is 1.32 bits per heavy atom. The van der Waals surface area contributed by atoms with Crippen molar-refractivity contribution in [1.82, 2.24) is 0 Å². The number of allylic oxidation sites excluding steroid dienone is 4. The van der Waals surface area contributed by atoms with Gasteiger partial charge in [-0.25, -0.2) is 0 Å². The van der Waals surface area contributed by atoms with Crippen LogP contribution in [0.2, 0.25) is 0 Å². The molecule has 5 aromatic carbocycles. The molecule has 41 heavy (non-hydrogen) atoms. The summed E-state index contributed by atoms with van der Waals surface area (Å²) in [6, 6.07) is 50.7. The fourth-order valence-corrected chi connectivity index (χ4v) is 11.4. The summed E-state index contributed by atoms with van der Waals surface area (Å²) < 4.78 is 15.5. The molecule has 1 aliphatic carbocycles. The van der Waals surface area contributed by atoms with Crippen LogP contribution in [-0.4, -0.2) is 0 Å². The lowest BCUT2D eigenvalue weighted by Gasteiger charge is -2.32. The van der Waals surface area contributed by atoms with Crippen molar-refractivity contribution in [2.24, 2.45) is 0 Å². The fraction of sp³-hybridized carbons (Fsp3) is 0.105. The zero-order valence-electron chi connectivity index (χ0n) is 23.6. The van der Waals surface area contributed by atoms with E-state index in [9.17, 15) is 0 Å². The number of hydrogen-bond acceptors (Lipinski definition) is 1. The van der Waals surface area contributed by atoms with Gasteiger partial charge in [-0.1, -0.05) is 146 Å². The number of hydrogen-bond donors (Lipinski definition) is 0. The van der Waals surface area contributed by atoms with Crippen molar-refractivity contribution in [3.05, 3.63) is 178 Å². The van der Waals surface area contributed by atoms with E-state index in [0.717, 1.165) is 28.8 Å². The molecule has 5 aromatic rings. The molecule has 0 aromatic heterocycles. The maximum Gasteiger partial charge on any atom is 0.167 e. The van der Waals surface area contributed by atoms with Gasteiger partial charge in [-0.2, -0.15) is 0 Å². The van der Waals surface area contributed by atoms with Crippen molar-refractivity contribution in [1.29, 1.82) is 0 Å². The van der Waals surface area contributed by atoms with Gasteiger partial charge in [-0.05, 0) is 78.1 Å². The van der Waals surface area contributed by atoms with Crippen LogP contribution in [0.4, 0.5) is 0 Å². The highest BCUT2D eigenvalue weighted by molar-refractivity contribution is 7.82. The third-order valence-corrected chi connectivity index (χ3v) is 14.0. The Morgan fingerprint density at radius 2 is 0.878 bits per heavy atom. The van der Waals surface area contributed by atoms with Gasteiger partial charge >= 0.3 is 0 Å². The van der Waals surface area contributed by atoms with E-state index < -0.39 is 15.1 Å². The molecule has 6 rings (SSSR count). The fourth-order valence-electron chi connectivity index (χ4n) is 6.02. The first-order chi connectivity index (χ1) is 20.1. The molecule has 0 N–H and O–H groups in total. The minimum Gasteiger partial charge on any atom is -0.309 e. The summed E-state index contributed by atoms with van der Waals surface area (Å²) in [4.78, 5) is 0. The predicted octanol–water partition coefficient (Wildman–Crippen LogP) is 8.48. The van der Waals surface area contributed by atoms with Crippen LogP contribution in [0.25, 0.3) is 0 Å². The minimum atomic E-state index is -3.09. The number of fused-ring (bicyclic) bond motifs is 1. The van der Waals surface area contributed by atoms with E-state index in [2.05, 4.69) is 98.8 Å². The first-order valence-electron chi connectivity index (χ1n) is 14.2. The van der Waals surface area contributed by atoms with Crippen LogP contribution in [0.5, 0.6) is 0 Å². The van der Waals surface area contributed by atoms with E-state index in [1.165, 1.54) is 38.2 Å². The Hall–Kier alpha value is -3.76. The molecule has 0 amide bonds. The molecule has 1 nitrogen and oxygen atoms in total. The van der Waals surface area contributed by atoms with Gasteiger partial charge in [0, 0.05) is 10.6 Å². The summed E-state index contributed by atoms with van der Waals surface area (Å²) >= 11 is 0. The Bertz CT molecular complexity index is 1670. The quantitative estimate of drug-likeness (QED) is 0.188. The van der Waals surface area contributed by atoms with Crippen molar-refractivity contribution in [2.45, 2.75) is 26.7 Å². The van der Waals surface area contributed by atoms with E-state index in [1.54, 1.807) is 0 Å². The van der Waals surface area contributed by atoms with Crippen LogP contribution < -0.4 is 21.2 Å². The van der Waals surface area contributed by atoms with E-state index in [-0.39, 0.29) is 0 Å². The van der Waals surface area contributed by atoms with Gasteiger partial charge in [0.1, 0.15) is 0 Å². The van der Waals surface area contributed by atoms with Crippen molar-refractivity contribution in [3.63, 3.8) is 0 Å². The maximum atomic E-state index is 15.5. The molecule has 0 saturated carbocycles. The molecule has 0 heterocycles. The van der Waals surface area contributed by atoms with Crippen LogP contribution in [0.3, 0.4) is 0 Å². The van der Waals surface area contributed by atoms with Crippen molar-refractivity contribution in [3.8, 4) is 0 Å². The lowest BCUT2D eigenvalue weighted by atomic mass is 9.84. The molecule has 0 saturated heterocycles. The highest BCUT2D eigenvalue weighted by Gasteiger charge is 2.34. The molecule has 3 heteroatoms. The third-order valence-electron chi connectivity index (χ3n) is 8.17. The van der Waals surface area contributed by atoms with Gasteiger partial charge in [0.15, 0.2) is 7.14 Å². The second-order valence-corrected chi connectivity index (χ2v) is 15.8. The van der Waals surface area contributed by atoms with E-state index in [0.29, 0.717) is 0 Å². The Balaban J connectivity index is 1.64. The van der Waals surface area contributed by atoms with E-state index in [1.807, 2.05) is 60.7 Å². The van der Waals surface area contributed by atoms with Crippen LogP contribution in [0, 0.1) is 0 Å². The normalized spacial score (nSPS) is 15.8. The van der Waals surface area contributed by atoms with Crippen molar-refractivity contribution >= 4 is 36.3 Å². The average Bonchev–Trinajstić information content (AvgIpc) is 3.05. The third kappa shape index (κ3) is 5.34. The van der Waals surface area contributed by atoms with E-state index >= 15 is 4.57 Å². The van der Waals surface area contributed by atoms with Crippen molar-refractivity contribution in [2.75, 3.05) is 0 Å². The largest absolute Gasteiger partial charge is 0.309 e. The number of benzene rings is 5. The SMILES string of the molecule is C/C(=C1/Cc2ccccc2C/C1=C(/C)P(=O)(c1ccccc1)c1ccccc1)P(c1ccccc1)c1ccccc1. The van der Waals surface area contributed by atoms with Gasteiger partial charge in [-0.15, -0.1) is 0 Å². The Morgan fingerprint density at radius 1 is 0.512 bits per heavy atom. The van der Waals surface area contributed by atoms with Crippen LogP contribution in [0.1, 0.15) is 25.0 Å². The van der Waals surface area contributed by atoms with Gasteiger partial charge in [0.25, 0.3) is 0 Å². The second-order valence-electron chi connectivity index (χ2n) is 10.5. The maximum absolute atomic E-state index is 15.5. The van der Waals surface area contributed by atoms with Gasteiger partial charge in [0.05, 0.1) is 0 Å². The standard InChI is InChI=1S/C38H34OP2/c1-29(40(33-19-7-3-8-20-33)34-21-9-4-10-22-34)37-27-31-17-15-16-18-32(31)28-38(37)30(2)41(39,35-23-11-5-12-24-35)36-25-13-6-14-26-36/h3-26H,27-28H2,1-2H3/b37-29+,38-30+. The summed E-state index contributed by atoms with van der Waals surface area (Å²) in [7, 11) is -3.86. The molecule has 0 spiro atoms. The summed E-state index contributed by atoms with van der Waals surface area (Å²) in [5, 5.41) is 6.83. The zero-order chi connectivity index (χ0) is 28.2. The van der Waals surface area contributed by atoms with E-state index in [4.69, 9.17) is 0 Å². The van der Waals surface area contributed by atoms with Gasteiger partial charge < -0.3 is 4.57 Å². The first-order valence-corrected chi connectivity index (χ1v) is 17.2. The number of rotatable bonds is 6. The van der Waals surface area contributed by atoms with Gasteiger partial charge in [0.2, 0.25) is 0 Å². The van der Waals surface area contributed by atoms with Gasteiger partial charge in [-0.3, -0.25) is 0 Å². The Kier molecular flexibility index (Phi) is 8.02. The Labute approximate surface area is 245 Å². The highest BCUT2D eigenvalue weighted by atomic mass is 31.2. The first kappa shape index (κ1) is 27.4. The summed E-state index contributed by atoms with van der Waals surface area (Å²) in [5.74, 6) is 0. The summed E-state index contributed by atoms with van der Waals surface area (Å²) in [5.41, 5.74) is 5.27. The molecular weight excluding hydrogens is 534 g/mol. The molecular formula is C38H34OP2. The molecule has 0 unspecified atom stereocenters. The average molecular weight is 569 g/mol. The molecule has 202 valence electrons. The lowest BCUT2D eigenvalue weighted by Crippen LogP contribution is -2.21. The monoisotopic (exact) mass is 568 g/mol. The molecule has 0 atom stereocenters. The molecule has 0 radical (unpaired) electrons. The van der Waals surface area contributed by atoms with Crippen molar-refractivity contribution < 1.29 is 4.57 Å². The van der Waals surface area contributed by atoms with Crippen LogP contribution in [0.15, 0.2) is 167 Å². The summed E-state index contributed by atoms with van der Waals surface area (Å²) in [6.45, 7) is 4.45. The highest BCUT2D eigenvalue weighted by Crippen LogP contribution is 2.56. The zero-order valence-corrected chi connectivity index (χ0v) is 25.4.